The second-order valence-electron chi connectivity index (χ2n) is 7.91. The van der Waals surface area contributed by atoms with Gasteiger partial charge in [-0.25, -0.2) is 4.98 Å². The third-order valence-electron chi connectivity index (χ3n) is 6.34. The van der Waals surface area contributed by atoms with Gasteiger partial charge in [0.2, 0.25) is 0 Å². The summed E-state index contributed by atoms with van der Waals surface area (Å²) in [5, 5.41) is 11.6. The highest BCUT2D eigenvalue weighted by Crippen LogP contribution is 2.48. The molecule has 0 amide bonds. The molecule has 4 rings (SSSR count). The molecule has 0 bridgehead atoms. The Labute approximate surface area is 150 Å². The first-order valence-electron chi connectivity index (χ1n) is 9.61. The van der Waals surface area contributed by atoms with Crippen molar-refractivity contribution >= 4 is 0 Å². The van der Waals surface area contributed by atoms with Gasteiger partial charge in [0.05, 0.1) is 17.6 Å². The number of imidazole rings is 1. The fourth-order valence-corrected chi connectivity index (χ4v) is 4.94. The van der Waals surface area contributed by atoms with Crippen LogP contribution in [0.2, 0.25) is 0 Å². The van der Waals surface area contributed by atoms with E-state index in [4.69, 9.17) is 0 Å². The smallest absolute Gasteiger partial charge is 0.0948 e. The average molecular weight is 339 g/mol. The Morgan fingerprint density at radius 3 is 2.80 bits per heavy atom. The molecule has 2 aromatic rings. The molecule has 2 fully saturated rings. The van der Waals surface area contributed by atoms with Crippen LogP contribution in [0.4, 0.5) is 0 Å². The van der Waals surface area contributed by atoms with E-state index in [1.54, 1.807) is 0 Å². The highest BCUT2D eigenvalue weighted by atomic mass is 16.3. The minimum atomic E-state index is -0.670. The number of aliphatic hydroxyl groups is 1. The quantitative estimate of drug-likeness (QED) is 0.929. The Balaban J connectivity index is 1.55. The summed E-state index contributed by atoms with van der Waals surface area (Å²) in [6.45, 7) is 8.22. The highest BCUT2D eigenvalue weighted by Gasteiger charge is 2.49. The van der Waals surface area contributed by atoms with Gasteiger partial charge in [-0.3, -0.25) is 4.90 Å². The normalized spacial score (nSPS) is 29.7. The second kappa shape index (κ2) is 6.58. The Kier molecular flexibility index (Phi) is 4.42. The number of hydrogen-bond donors (Lipinski definition) is 1. The standard InChI is InChI=1S/C21H29N3O/c1-3-24-15-22-11-19(24)13-23-12-17-5-4-10-21(25,20(17)14-23)18-8-6-16(2)7-9-18/h6-9,11,15,17,20,25H,3-5,10,12-14H2,1-2H3/t17-,20-,21+/m0/s1. The Hall–Kier alpha value is -1.65. The average Bonchev–Trinajstić information content (AvgIpc) is 3.23. The van der Waals surface area contributed by atoms with Crippen LogP contribution in [0, 0.1) is 18.8 Å². The third kappa shape index (κ3) is 3.02. The molecule has 4 heteroatoms. The minimum absolute atomic E-state index is 0.335. The number of fused-ring (bicyclic) bond motifs is 1. The summed E-state index contributed by atoms with van der Waals surface area (Å²) < 4.78 is 2.22. The zero-order valence-electron chi connectivity index (χ0n) is 15.4. The zero-order valence-corrected chi connectivity index (χ0v) is 15.4. The van der Waals surface area contributed by atoms with Crippen molar-refractivity contribution in [2.45, 2.75) is 51.8 Å². The molecule has 1 N–H and O–H groups in total. The predicted molar refractivity (Wildman–Crippen MR) is 99.1 cm³/mol. The summed E-state index contributed by atoms with van der Waals surface area (Å²) in [4.78, 5) is 6.81. The van der Waals surface area contributed by atoms with Crippen LogP contribution in [0.25, 0.3) is 0 Å². The lowest BCUT2D eigenvalue weighted by Crippen LogP contribution is -2.42. The van der Waals surface area contributed by atoms with Crippen molar-refractivity contribution in [3.63, 3.8) is 0 Å². The lowest BCUT2D eigenvalue weighted by molar-refractivity contribution is -0.0648. The molecule has 0 unspecified atom stereocenters. The van der Waals surface area contributed by atoms with Crippen LogP contribution in [0.15, 0.2) is 36.8 Å². The van der Waals surface area contributed by atoms with E-state index in [9.17, 15) is 5.11 Å². The van der Waals surface area contributed by atoms with E-state index in [-0.39, 0.29) is 0 Å². The summed E-state index contributed by atoms with van der Waals surface area (Å²) in [6, 6.07) is 8.52. The van der Waals surface area contributed by atoms with Gasteiger partial charge in [-0.2, -0.15) is 0 Å². The van der Waals surface area contributed by atoms with Crippen molar-refractivity contribution in [1.29, 1.82) is 0 Å². The summed E-state index contributed by atoms with van der Waals surface area (Å²) >= 11 is 0. The van der Waals surface area contributed by atoms with Gasteiger partial charge >= 0.3 is 0 Å². The minimum Gasteiger partial charge on any atom is -0.385 e. The van der Waals surface area contributed by atoms with Crippen molar-refractivity contribution in [2.24, 2.45) is 11.8 Å². The van der Waals surface area contributed by atoms with E-state index >= 15 is 0 Å². The van der Waals surface area contributed by atoms with E-state index in [2.05, 4.69) is 52.6 Å². The maximum absolute atomic E-state index is 11.6. The first-order valence-corrected chi connectivity index (χ1v) is 9.61. The molecule has 25 heavy (non-hydrogen) atoms. The summed E-state index contributed by atoms with van der Waals surface area (Å²) in [5.41, 5.74) is 2.96. The number of aromatic nitrogens is 2. The molecule has 1 saturated carbocycles. The van der Waals surface area contributed by atoms with Crippen LogP contribution in [-0.2, 0) is 18.7 Å². The van der Waals surface area contributed by atoms with Crippen LogP contribution < -0.4 is 0 Å². The van der Waals surface area contributed by atoms with Crippen LogP contribution in [0.1, 0.15) is 43.0 Å². The SMILES string of the molecule is CCn1cncc1CN1C[C@@H]2CCC[C@@](O)(c3ccc(C)cc3)[C@H]2C1. The number of benzene rings is 1. The van der Waals surface area contributed by atoms with Gasteiger partial charge in [-0.1, -0.05) is 29.8 Å². The van der Waals surface area contributed by atoms with Gasteiger partial charge in [0.1, 0.15) is 0 Å². The van der Waals surface area contributed by atoms with E-state index < -0.39 is 5.60 Å². The summed E-state index contributed by atoms with van der Waals surface area (Å²) in [7, 11) is 0. The lowest BCUT2D eigenvalue weighted by Gasteiger charge is -2.41. The van der Waals surface area contributed by atoms with Crippen molar-refractivity contribution in [3.05, 3.63) is 53.6 Å². The number of hydrogen-bond acceptors (Lipinski definition) is 3. The molecule has 1 aromatic carbocycles. The van der Waals surface area contributed by atoms with Gasteiger partial charge in [-0.05, 0) is 44.6 Å². The number of aryl methyl sites for hydroxylation is 2. The molecule has 4 nitrogen and oxygen atoms in total. The van der Waals surface area contributed by atoms with E-state index in [1.807, 2.05) is 12.5 Å². The molecule has 3 atom stereocenters. The van der Waals surface area contributed by atoms with Crippen molar-refractivity contribution in [3.8, 4) is 0 Å². The van der Waals surface area contributed by atoms with Crippen molar-refractivity contribution < 1.29 is 5.11 Å². The molecule has 2 aliphatic rings. The molecule has 1 aromatic heterocycles. The predicted octanol–water partition coefficient (Wildman–Crippen LogP) is 3.33. The molecular formula is C21H29N3O. The number of rotatable bonds is 4. The van der Waals surface area contributed by atoms with Gasteiger partial charge in [-0.15, -0.1) is 0 Å². The third-order valence-corrected chi connectivity index (χ3v) is 6.34. The van der Waals surface area contributed by atoms with Crippen LogP contribution in [0.5, 0.6) is 0 Å². The maximum Gasteiger partial charge on any atom is 0.0948 e. The first-order chi connectivity index (χ1) is 12.1. The Morgan fingerprint density at radius 2 is 2.04 bits per heavy atom. The molecule has 134 valence electrons. The molecule has 1 aliphatic carbocycles. The summed E-state index contributed by atoms with van der Waals surface area (Å²) in [5.74, 6) is 0.931. The van der Waals surface area contributed by atoms with E-state index in [0.29, 0.717) is 11.8 Å². The Bertz CT molecular complexity index is 723. The molecule has 0 radical (unpaired) electrons. The van der Waals surface area contributed by atoms with Gasteiger partial charge in [0.25, 0.3) is 0 Å². The van der Waals surface area contributed by atoms with Crippen LogP contribution in [0.3, 0.4) is 0 Å². The molecular weight excluding hydrogens is 310 g/mol. The van der Waals surface area contributed by atoms with E-state index in [0.717, 1.165) is 44.6 Å². The topological polar surface area (TPSA) is 41.3 Å². The van der Waals surface area contributed by atoms with Crippen LogP contribution >= 0.6 is 0 Å². The second-order valence-corrected chi connectivity index (χ2v) is 7.91. The fourth-order valence-electron chi connectivity index (χ4n) is 4.94. The van der Waals surface area contributed by atoms with E-state index in [1.165, 1.54) is 17.7 Å². The van der Waals surface area contributed by atoms with Gasteiger partial charge in [0, 0.05) is 38.3 Å². The molecule has 1 saturated heterocycles. The summed E-state index contributed by atoms with van der Waals surface area (Å²) in [6.07, 6.45) is 7.14. The molecule has 2 heterocycles. The molecule has 0 spiro atoms. The molecule has 1 aliphatic heterocycles. The first kappa shape index (κ1) is 16.8. The monoisotopic (exact) mass is 339 g/mol. The highest BCUT2D eigenvalue weighted by molar-refractivity contribution is 5.28. The van der Waals surface area contributed by atoms with Crippen LogP contribution in [-0.4, -0.2) is 32.6 Å². The number of nitrogens with zero attached hydrogens (tertiary/aromatic N) is 3. The maximum atomic E-state index is 11.6. The van der Waals surface area contributed by atoms with Gasteiger partial charge in [0.15, 0.2) is 0 Å². The lowest BCUT2D eigenvalue weighted by atomic mass is 9.67. The fraction of sp³-hybridized carbons (Fsp3) is 0.571. The number of likely N-dealkylation sites (tertiary alicyclic amines) is 1. The Morgan fingerprint density at radius 1 is 1.24 bits per heavy atom. The zero-order chi connectivity index (χ0) is 17.4. The van der Waals surface area contributed by atoms with Gasteiger partial charge < -0.3 is 9.67 Å². The van der Waals surface area contributed by atoms with Crippen molar-refractivity contribution in [2.75, 3.05) is 13.1 Å². The largest absolute Gasteiger partial charge is 0.385 e. The van der Waals surface area contributed by atoms with Crippen molar-refractivity contribution in [1.82, 2.24) is 14.5 Å².